The van der Waals surface area contributed by atoms with Crippen LogP contribution < -0.4 is 0 Å². The van der Waals surface area contributed by atoms with Crippen molar-refractivity contribution in [2.24, 2.45) is 5.92 Å². The molecule has 1 saturated heterocycles. The Labute approximate surface area is 142 Å². The molecule has 0 aliphatic carbocycles. The van der Waals surface area contributed by atoms with Crippen molar-refractivity contribution in [3.05, 3.63) is 59.2 Å². The first kappa shape index (κ1) is 16.6. The average Bonchev–Trinajstić information content (AvgIpc) is 2.93. The van der Waals surface area contributed by atoms with Crippen molar-refractivity contribution >= 4 is 5.91 Å². The zero-order valence-electron chi connectivity index (χ0n) is 14.1. The van der Waals surface area contributed by atoms with Gasteiger partial charge in [-0.05, 0) is 31.4 Å². The minimum absolute atomic E-state index is 0.0178. The fourth-order valence-electron chi connectivity index (χ4n) is 3.23. The summed E-state index contributed by atoms with van der Waals surface area (Å²) in [4.78, 5) is 22.7. The van der Waals surface area contributed by atoms with Gasteiger partial charge in [-0.2, -0.15) is 0 Å². The lowest BCUT2D eigenvalue weighted by molar-refractivity contribution is -0.129. The number of hydrogen-bond acceptors (Lipinski definition) is 4. The van der Waals surface area contributed by atoms with Crippen molar-refractivity contribution in [2.45, 2.75) is 32.8 Å². The summed E-state index contributed by atoms with van der Waals surface area (Å²) in [6, 6.07) is 6.17. The van der Waals surface area contributed by atoms with Crippen LogP contribution in [-0.4, -0.2) is 45.1 Å². The predicted molar refractivity (Wildman–Crippen MR) is 91.4 cm³/mol. The zero-order valence-corrected chi connectivity index (χ0v) is 14.1. The number of benzene rings is 1. The molecule has 0 unspecified atom stereocenters. The molecule has 126 valence electrons. The van der Waals surface area contributed by atoms with E-state index >= 15 is 0 Å². The number of likely N-dealkylation sites (tertiary alicyclic amines) is 1. The van der Waals surface area contributed by atoms with Gasteiger partial charge < -0.3 is 10.0 Å². The second kappa shape index (κ2) is 7.09. The largest absolute Gasteiger partial charge is 0.391 e. The van der Waals surface area contributed by atoms with Crippen molar-refractivity contribution < 1.29 is 9.90 Å². The number of aromatic nitrogens is 2. The number of rotatable bonds is 4. The van der Waals surface area contributed by atoms with Gasteiger partial charge in [0.15, 0.2) is 0 Å². The molecule has 24 heavy (non-hydrogen) atoms. The summed E-state index contributed by atoms with van der Waals surface area (Å²) in [5.41, 5.74) is 4.20. The summed E-state index contributed by atoms with van der Waals surface area (Å²) in [7, 11) is 0. The molecule has 1 aliphatic heterocycles. The van der Waals surface area contributed by atoms with Crippen LogP contribution in [0.2, 0.25) is 0 Å². The fourth-order valence-corrected chi connectivity index (χ4v) is 3.23. The van der Waals surface area contributed by atoms with Gasteiger partial charge in [0, 0.05) is 37.6 Å². The van der Waals surface area contributed by atoms with Crippen LogP contribution in [0, 0.1) is 19.8 Å². The fraction of sp³-hybridized carbons (Fsp3) is 0.421. The van der Waals surface area contributed by atoms with Crippen LogP contribution in [0.3, 0.4) is 0 Å². The third kappa shape index (κ3) is 3.79. The van der Waals surface area contributed by atoms with Crippen LogP contribution in [0.15, 0.2) is 36.8 Å². The average molecular weight is 325 g/mol. The highest BCUT2D eigenvalue weighted by molar-refractivity contribution is 5.79. The summed E-state index contributed by atoms with van der Waals surface area (Å²) < 4.78 is 0. The van der Waals surface area contributed by atoms with Gasteiger partial charge >= 0.3 is 0 Å². The van der Waals surface area contributed by atoms with Crippen molar-refractivity contribution in [1.82, 2.24) is 14.9 Å². The Kier molecular flexibility index (Phi) is 4.90. The second-order valence-corrected chi connectivity index (χ2v) is 6.63. The van der Waals surface area contributed by atoms with E-state index in [1.807, 2.05) is 19.9 Å². The number of amides is 1. The van der Waals surface area contributed by atoms with E-state index < -0.39 is 6.10 Å². The smallest absolute Gasteiger partial charge is 0.227 e. The molecule has 1 aromatic carbocycles. The normalized spacial score (nSPS) is 20.4. The highest BCUT2D eigenvalue weighted by Gasteiger charge is 2.34. The molecule has 3 rings (SSSR count). The third-order valence-electron chi connectivity index (χ3n) is 4.69. The van der Waals surface area contributed by atoms with Gasteiger partial charge in [0.05, 0.1) is 18.2 Å². The molecule has 0 radical (unpaired) electrons. The molecule has 1 amide bonds. The lowest BCUT2D eigenvalue weighted by Crippen LogP contribution is -2.31. The maximum Gasteiger partial charge on any atom is 0.227 e. The summed E-state index contributed by atoms with van der Waals surface area (Å²) in [5.74, 6) is 0.0913. The summed E-state index contributed by atoms with van der Waals surface area (Å²) in [5, 5.41) is 10.3. The van der Waals surface area contributed by atoms with Gasteiger partial charge in [-0.3, -0.25) is 14.8 Å². The Balaban J connectivity index is 1.63. The van der Waals surface area contributed by atoms with Gasteiger partial charge in [-0.1, -0.05) is 23.8 Å². The maximum atomic E-state index is 12.6. The molecule has 2 aromatic rings. The quantitative estimate of drug-likeness (QED) is 0.929. The van der Waals surface area contributed by atoms with Crippen molar-refractivity contribution in [3.63, 3.8) is 0 Å². The molecular formula is C19H23N3O2. The van der Waals surface area contributed by atoms with Crippen LogP contribution in [0.4, 0.5) is 0 Å². The van der Waals surface area contributed by atoms with Crippen LogP contribution in [0.25, 0.3) is 0 Å². The van der Waals surface area contributed by atoms with Crippen LogP contribution in [0.5, 0.6) is 0 Å². The minimum Gasteiger partial charge on any atom is -0.391 e. The Bertz CT molecular complexity index is 718. The van der Waals surface area contributed by atoms with Crippen LogP contribution in [-0.2, 0) is 17.6 Å². The monoisotopic (exact) mass is 325 g/mol. The van der Waals surface area contributed by atoms with Crippen LogP contribution in [0.1, 0.15) is 22.4 Å². The molecular weight excluding hydrogens is 302 g/mol. The number of β-amino-alcohol motifs (C(OH)–C–C–N with tert-alkyl or cyclic N) is 1. The number of carbonyl (C=O) groups excluding carboxylic acids is 1. The van der Waals surface area contributed by atoms with Gasteiger partial charge in [0.1, 0.15) is 0 Å². The standard InChI is InChI=1S/C19H23N3O2/c1-13-3-4-14(2)15(7-13)9-19(24)22-11-16(18(23)12-22)8-17-10-20-5-6-21-17/h3-7,10,16,18,23H,8-9,11-12H2,1-2H3/t16-,18-/m1/s1. The number of aliphatic hydroxyl groups excluding tert-OH is 1. The van der Waals surface area contributed by atoms with Crippen molar-refractivity contribution in [2.75, 3.05) is 13.1 Å². The number of aliphatic hydroxyl groups is 1. The first-order chi connectivity index (χ1) is 11.5. The van der Waals surface area contributed by atoms with E-state index in [0.29, 0.717) is 25.9 Å². The number of aryl methyl sites for hydroxylation is 2. The molecule has 1 aromatic heterocycles. The lowest BCUT2D eigenvalue weighted by Gasteiger charge is -2.17. The molecule has 1 N–H and O–H groups in total. The zero-order chi connectivity index (χ0) is 17.1. The van der Waals surface area contributed by atoms with Gasteiger partial charge in [0.2, 0.25) is 5.91 Å². The van der Waals surface area contributed by atoms with Gasteiger partial charge in [-0.15, -0.1) is 0 Å². The topological polar surface area (TPSA) is 66.3 Å². The molecule has 2 atom stereocenters. The summed E-state index contributed by atoms with van der Waals surface area (Å²) >= 11 is 0. The molecule has 5 nitrogen and oxygen atoms in total. The Hall–Kier alpha value is -2.27. The number of carbonyl (C=O) groups is 1. The molecule has 5 heteroatoms. The second-order valence-electron chi connectivity index (χ2n) is 6.63. The van der Waals surface area contributed by atoms with E-state index in [1.54, 1.807) is 23.5 Å². The lowest BCUT2D eigenvalue weighted by atomic mass is 10.0. The molecule has 1 aliphatic rings. The Morgan fingerprint density at radius 2 is 2.12 bits per heavy atom. The highest BCUT2D eigenvalue weighted by Crippen LogP contribution is 2.22. The Morgan fingerprint density at radius 3 is 2.88 bits per heavy atom. The third-order valence-corrected chi connectivity index (χ3v) is 4.69. The molecule has 0 saturated carbocycles. The van der Waals surface area contributed by atoms with Gasteiger partial charge in [-0.25, -0.2) is 0 Å². The first-order valence-corrected chi connectivity index (χ1v) is 8.30. The summed E-state index contributed by atoms with van der Waals surface area (Å²) in [6.07, 6.45) is 5.53. The Morgan fingerprint density at radius 1 is 1.29 bits per heavy atom. The highest BCUT2D eigenvalue weighted by atomic mass is 16.3. The molecule has 2 heterocycles. The van der Waals surface area contributed by atoms with Gasteiger partial charge in [0.25, 0.3) is 0 Å². The predicted octanol–water partition coefficient (Wildman–Crippen LogP) is 1.70. The first-order valence-electron chi connectivity index (χ1n) is 8.30. The van der Waals surface area contributed by atoms with Crippen molar-refractivity contribution in [1.29, 1.82) is 0 Å². The van der Waals surface area contributed by atoms with E-state index in [9.17, 15) is 9.90 Å². The number of hydrogen-bond donors (Lipinski definition) is 1. The van der Waals surface area contributed by atoms with E-state index in [-0.39, 0.29) is 11.8 Å². The van der Waals surface area contributed by atoms with E-state index in [4.69, 9.17) is 0 Å². The van der Waals surface area contributed by atoms with Crippen molar-refractivity contribution in [3.8, 4) is 0 Å². The van der Waals surface area contributed by atoms with E-state index in [0.717, 1.165) is 22.4 Å². The van der Waals surface area contributed by atoms with E-state index in [1.165, 1.54) is 0 Å². The minimum atomic E-state index is -0.505. The van der Waals surface area contributed by atoms with Crippen LogP contribution >= 0.6 is 0 Å². The molecule has 1 fully saturated rings. The van der Waals surface area contributed by atoms with E-state index in [2.05, 4.69) is 22.1 Å². The molecule has 0 bridgehead atoms. The molecule has 0 spiro atoms. The summed E-state index contributed by atoms with van der Waals surface area (Å²) in [6.45, 7) is 5.03. The SMILES string of the molecule is Cc1ccc(C)c(CC(=O)N2C[C@@H](Cc3cnccn3)[C@H](O)C2)c1. The maximum absolute atomic E-state index is 12.6. The number of nitrogens with zero attached hydrogens (tertiary/aromatic N) is 3.